The average Bonchev–Trinajstić information content (AvgIpc) is 2.62. The van der Waals surface area contributed by atoms with Crippen molar-refractivity contribution in [3.63, 3.8) is 0 Å². The number of ether oxygens (including phenoxy) is 2. The van der Waals surface area contributed by atoms with E-state index in [2.05, 4.69) is 15.1 Å². The van der Waals surface area contributed by atoms with Crippen molar-refractivity contribution in [2.75, 3.05) is 66.1 Å². The van der Waals surface area contributed by atoms with E-state index < -0.39 is 0 Å². The van der Waals surface area contributed by atoms with E-state index in [1.807, 2.05) is 12.1 Å². The third kappa shape index (κ3) is 4.14. The number of nitrogens with zero attached hydrogens (tertiary/aromatic N) is 2. The van der Waals surface area contributed by atoms with Crippen molar-refractivity contribution in [1.29, 1.82) is 0 Å². The number of phenolic OH excluding ortho intramolecular Hbond substituents is 1. The molecule has 1 atom stereocenters. The maximum Gasteiger partial charge on any atom is 0.160 e. The van der Waals surface area contributed by atoms with Gasteiger partial charge in [0.15, 0.2) is 11.5 Å². The van der Waals surface area contributed by atoms with Gasteiger partial charge >= 0.3 is 0 Å². The fraction of sp³-hybridized carbons (Fsp3) is 0.647. The lowest BCUT2D eigenvalue weighted by Gasteiger charge is -2.39. The molecule has 6 heteroatoms. The van der Waals surface area contributed by atoms with Gasteiger partial charge in [0.05, 0.1) is 20.3 Å². The number of methoxy groups -OCH3 is 1. The molecule has 0 bridgehead atoms. The van der Waals surface area contributed by atoms with Gasteiger partial charge in [0.1, 0.15) is 0 Å². The monoisotopic (exact) mass is 321 g/mol. The number of benzene rings is 1. The van der Waals surface area contributed by atoms with Crippen LogP contribution in [0.5, 0.6) is 11.5 Å². The average molecular weight is 321 g/mol. The van der Waals surface area contributed by atoms with Gasteiger partial charge in [-0.2, -0.15) is 0 Å². The minimum absolute atomic E-state index is 0.196. The summed E-state index contributed by atoms with van der Waals surface area (Å²) in [6.45, 7) is 8.70. The van der Waals surface area contributed by atoms with Crippen LogP contribution in [0.4, 0.5) is 0 Å². The number of phenols is 1. The Bertz CT molecular complexity index is 500. The highest BCUT2D eigenvalue weighted by atomic mass is 16.5. The SMILES string of the molecule is COc1cc(C(CN2CCOCC2)N2CCNCC2)ccc1O. The molecule has 0 aliphatic carbocycles. The molecule has 1 unspecified atom stereocenters. The van der Waals surface area contributed by atoms with E-state index in [9.17, 15) is 5.11 Å². The molecule has 0 amide bonds. The number of hydrogen-bond donors (Lipinski definition) is 2. The van der Waals surface area contributed by atoms with Crippen LogP contribution < -0.4 is 10.1 Å². The zero-order valence-electron chi connectivity index (χ0n) is 13.8. The number of hydrogen-bond acceptors (Lipinski definition) is 6. The summed E-state index contributed by atoms with van der Waals surface area (Å²) >= 11 is 0. The van der Waals surface area contributed by atoms with E-state index in [-0.39, 0.29) is 5.75 Å². The van der Waals surface area contributed by atoms with Crippen LogP contribution in [-0.4, -0.2) is 81.0 Å². The third-order valence-corrected chi connectivity index (χ3v) is 4.72. The highest BCUT2D eigenvalue weighted by Gasteiger charge is 2.26. The van der Waals surface area contributed by atoms with Gasteiger partial charge in [0.25, 0.3) is 0 Å². The summed E-state index contributed by atoms with van der Waals surface area (Å²) < 4.78 is 10.8. The Kier molecular flexibility index (Phi) is 5.72. The van der Waals surface area contributed by atoms with Crippen LogP contribution in [0.15, 0.2) is 18.2 Å². The zero-order valence-corrected chi connectivity index (χ0v) is 13.8. The first-order valence-electron chi connectivity index (χ1n) is 8.39. The summed E-state index contributed by atoms with van der Waals surface area (Å²) in [6.07, 6.45) is 0. The first kappa shape index (κ1) is 16.5. The molecule has 2 aliphatic heterocycles. The molecule has 3 rings (SSSR count). The Morgan fingerprint density at radius 3 is 2.65 bits per heavy atom. The predicted molar refractivity (Wildman–Crippen MR) is 89.1 cm³/mol. The lowest BCUT2D eigenvalue weighted by atomic mass is 10.0. The molecular weight excluding hydrogens is 294 g/mol. The molecule has 2 N–H and O–H groups in total. The van der Waals surface area contributed by atoms with Crippen LogP contribution in [0.3, 0.4) is 0 Å². The second kappa shape index (κ2) is 7.97. The van der Waals surface area contributed by atoms with Gasteiger partial charge in [-0.15, -0.1) is 0 Å². The van der Waals surface area contributed by atoms with Gasteiger partial charge in [0, 0.05) is 51.9 Å². The second-order valence-corrected chi connectivity index (χ2v) is 6.15. The summed E-state index contributed by atoms with van der Waals surface area (Å²) in [5.74, 6) is 0.742. The van der Waals surface area contributed by atoms with Crippen molar-refractivity contribution in [2.24, 2.45) is 0 Å². The summed E-state index contributed by atoms with van der Waals surface area (Å²) in [7, 11) is 1.60. The Balaban J connectivity index is 1.80. The molecule has 0 radical (unpaired) electrons. The number of aromatic hydroxyl groups is 1. The molecule has 1 aromatic carbocycles. The molecule has 6 nitrogen and oxygen atoms in total. The van der Waals surface area contributed by atoms with E-state index >= 15 is 0 Å². The van der Waals surface area contributed by atoms with Crippen LogP contribution in [-0.2, 0) is 4.74 Å². The molecule has 0 spiro atoms. The fourth-order valence-corrected chi connectivity index (χ4v) is 3.36. The second-order valence-electron chi connectivity index (χ2n) is 6.15. The smallest absolute Gasteiger partial charge is 0.160 e. The van der Waals surface area contributed by atoms with Crippen LogP contribution in [0, 0.1) is 0 Å². The lowest BCUT2D eigenvalue weighted by molar-refractivity contribution is 0.0206. The van der Waals surface area contributed by atoms with Crippen molar-refractivity contribution in [3.8, 4) is 11.5 Å². The summed E-state index contributed by atoms with van der Waals surface area (Å²) in [5.41, 5.74) is 1.20. The summed E-state index contributed by atoms with van der Waals surface area (Å²) in [6, 6.07) is 6.04. The van der Waals surface area contributed by atoms with Crippen LogP contribution in [0.25, 0.3) is 0 Å². The largest absolute Gasteiger partial charge is 0.504 e. The maximum atomic E-state index is 9.87. The first-order valence-corrected chi connectivity index (χ1v) is 8.39. The topological polar surface area (TPSA) is 57.2 Å². The highest BCUT2D eigenvalue weighted by Crippen LogP contribution is 2.31. The van der Waals surface area contributed by atoms with Gasteiger partial charge in [0.2, 0.25) is 0 Å². The first-order chi connectivity index (χ1) is 11.3. The van der Waals surface area contributed by atoms with E-state index in [4.69, 9.17) is 9.47 Å². The molecule has 0 saturated carbocycles. The summed E-state index contributed by atoms with van der Waals surface area (Å²) in [5, 5.41) is 13.3. The van der Waals surface area contributed by atoms with Gasteiger partial charge in [-0.25, -0.2) is 0 Å². The molecular formula is C17H27N3O3. The van der Waals surface area contributed by atoms with Crippen molar-refractivity contribution in [1.82, 2.24) is 15.1 Å². The molecule has 2 fully saturated rings. The van der Waals surface area contributed by atoms with Crippen LogP contribution in [0.1, 0.15) is 11.6 Å². The van der Waals surface area contributed by atoms with Crippen LogP contribution in [0.2, 0.25) is 0 Å². The molecule has 2 saturated heterocycles. The Labute approximate surface area is 138 Å². The van der Waals surface area contributed by atoms with E-state index in [1.54, 1.807) is 13.2 Å². The standard InChI is InChI=1S/C17H27N3O3/c1-22-17-12-14(2-3-16(17)21)15(20-6-4-18-5-7-20)13-19-8-10-23-11-9-19/h2-3,12,15,18,21H,4-11,13H2,1H3. The zero-order chi connectivity index (χ0) is 16.1. The van der Waals surface area contributed by atoms with Crippen molar-refractivity contribution in [2.45, 2.75) is 6.04 Å². The van der Waals surface area contributed by atoms with Gasteiger partial charge in [-0.05, 0) is 17.7 Å². The van der Waals surface area contributed by atoms with Gasteiger partial charge < -0.3 is 19.9 Å². The maximum absolute atomic E-state index is 9.87. The van der Waals surface area contributed by atoms with Gasteiger partial charge in [-0.3, -0.25) is 9.80 Å². The number of rotatable bonds is 5. The number of nitrogens with one attached hydrogen (secondary N) is 1. The predicted octanol–water partition coefficient (Wildman–Crippen LogP) is 0.679. The number of piperazine rings is 1. The van der Waals surface area contributed by atoms with Crippen molar-refractivity contribution in [3.05, 3.63) is 23.8 Å². The molecule has 128 valence electrons. The number of morpholine rings is 1. The normalized spacial score (nSPS) is 22.0. The Morgan fingerprint density at radius 2 is 1.96 bits per heavy atom. The van der Waals surface area contributed by atoms with Crippen molar-refractivity contribution < 1.29 is 14.6 Å². The lowest BCUT2D eigenvalue weighted by Crippen LogP contribution is -2.49. The Morgan fingerprint density at radius 1 is 1.22 bits per heavy atom. The van der Waals surface area contributed by atoms with Gasteiger partial charge in [-0.1, -0.05) is 6.07 Å². The quantitative estimate of drug-likeness (QED) is 0.832. The van der Waals surface area contributed by atoms with Crippen molar-refractivity contribution >= 4 is 0 Å². The van der Waals surface area contributed by atoms with E-state index in [1.165, 1.54) is 5.56 Å². The minimum Gasteiger partial charge on any atom is -0.504 e. The highest BCUT2D eigenvalue weighted by molar-refractivity contribution is 5.42. The summed E-state index contributed by atoms with van der Waals surface area (Å²) in [4.78, 5) is 4.99. The molecule has 23 heavy (non-hydrogen) atoms. The molecule has 1 aromatic rings. The molecule has 0 aromatic heterocycles. The van der Waals surface area contributed by atoms with E-state index in [0.29, 0.717) is 11.8 Å². The molecule has 2 aliphatic rings. The van der Waals surface area contributed by atoms with E-state index in [0.717, 1.165) is 59.0 Å². The minimum atomic E-state index is 0.196. The third-order valence-electron chi connectivity index (χ3n) is 4.72. The fourth-order valence-electron chi connectivity index (χ4n) is 3.36. The molecule has 2 heterocycles. The van der Waals surface area contributed by atoms with Crippen LogP contribution >= 0.6 is 0 Å². The Hall–Kier alpha value is -1.34.